The Kier molecular flexibility index (Phi) is 7.63. The molecule has 1 amide bonds. The highest BCUT2D eigenvalue weighted by atomic mass is 35.5. The molecule has 1 aromatic heterocycles. The molecule has 0 unspecified atom stereocenters. The first-order valence-corrected chi connectivity index (χ1v) is 13.0. The molecule has 1 aliphatic carbocycles. The predicted molar refractivity (Wildman–Crippen MR) is 142 cm³/mol. The average molecular weight is 569 g/mol. The number of nitrogens with one attached hydrogen (secondary N) is 1. The Bertz CT molecular complexity index is 1520. The number of fused-ring (bicyclic) bond motifs is 3. The molecule has 0 aliphatic heterocycles. The van der Waals surface area contributed by atoms with Crippen LogP contribution in [-0.4, -0.2) is 24.0 Å². The van der Waals surface area contributed by atoms with E-state index in [1.807, 2.05) is 48.5 Å². The van der Waals surface area contributed by atoms with E-state index in [2.05, 4.69) is 10.3 Å². The van der Waals surface area contributed by atoms with Gasteiger partial charge in [-0.3, -0.25) is 9.78 Å². The maximum absolute atomic E-state index is 13.5. The highest BCUT2D eigenvalue weighted by Gasteiger charge is 2.33. The number of aromatic nitrogens is 1. The Balaban J connectivity index is 1.34. The molecule has 0 bridgehead atoms. The van der Waals surface area contributed by atoms with E-state index in [4.69, 9.17) is 16.3 Å². The second kappa shape index (κ2) is 11.1. The molecular weight excluding hydrogens is 549 g/mol. The molecule has 1 N–H and O–H groups in total. The Labute approximate surface area is 231 Å². The smallest absolute Gasteiger partial charge is 0.416 e. The minimum Gasteiger partial charge on any atom is -0.449 e. The molecule has 0 radical (unpaired) electrons. The van der Waals surface area contributed by atoms with Gasteiger partial charge in [0, 0.05) is 28.5 Å². The summed E-state index contributed by atoms with van der Waals surface area (Å²) < 4.78 is 46.1. The van der Waals surface area contributed by atoms with E-state index in [0.29, 0.717) is 11.2 Å². The highest BCUT2D eigenvalue weighted by Crippen LogP contribution is 2.45. The molecule has 39 heavy (non-hydrogen) atoms. The fourth-order valence-electron chi connectivity index (χ4n) is 4.56. The lowest BCUT2D eigenvalue weighted by atomic mass is 9.98. The van der Waals surface area contributed by atoms with E-state index in [9.17, 15) is 22.8 Å². The first kappa shape index (κ1) is 26.8. The van der Waals surface area contributed by atoms with Crippen LogP contribution in [0, 0.1) is 0 Å². The minimum absolute atomic E-state index is 0.0587. The number of hydrogen-bond donors (Lipinski definition) is 1. The van der Waals surface area contributed by atoms with Crippen molar-refractivity contribution in [1.29, 1.82) is 0 Å². The third-order valence-electron chi connectivity index (χ3n) is 6.34. The Hall–Kier alpha value is -3.82. The van der Waals surface area contributed by atoms with Crippen molar-refractivity contribution >= 4 is 35.7 Å². The van der Waals surface area contributed by atoms with Crippen LogP contribution in [0.25, 0.3) is 11.1 Å². The second-order valence-electron chi connectivity index (χ2n) is 8.73. The summed E-state index contributed by atoms with van der Waals surface area (Å²) in [5.41, 5.74) is 3.51. The van der Waals surface area contributed by atoms with Gasteiger partial charge in [0.25, 0.3) is 0 Å². The second-order valence-corrected chi connectivity index (χ2v) is 10.2. The topological polar surface area (TPSA) is 68.3 Å². The van der Waals surface area contributed by atoms with Crippen LogP contribution in [0.5, 0.6) is 0 Å². The minimum atomic E-state index is -4.65. The number of amides is 1. The third-order valence-corrected chi connectivity index (χ3v) is 8.00. The average Bonchev–Trinajstić information content (AvgIpc) is 3.25. The van der Waals surface area contributed by atoms with Crippen LogP contribution in [0.4, 0.5) is 18.0 Å². The number of nitrogens with zero attached hydrogens (tertiary/aromatic N) is 1. The molecule has 5 nitrogen and oxygen atoms in total. The van der Waals surface area contributed by atoms with Crippen molar-refractivity contribution < 1.29 is 27.5 Å². The summed E-state index contributed by atoms with van der Waals surface area (Å²) in [4.78, 5) is 28.7. The summed E-state index contributed by atoms with van der Waals surface area (Å²) in [5, 5.41) is 2.38. The largest absolute Gasteiger partial charge is 0.449 e. The lowest BCUT2D eigenvalue weighted by Crippen LogP contribution is -2.26. The summed E-state index contributed by atoms with van der Waals surface area (Å²) in [7, 11) is 0. The van der Waals surface area contributed by atoms with Gasteiger partial charge in [-0.15, -0.1) is 0 Å². The van der Waals surface area contributed by atoms with Crippen LogP contribution < -0.4 is 5.32 Å². The summed E-state index contributed by atoms with van der Waals surface area (Å²) in [6, 6.07) is 20.7. The molecule has 0 atom stereocenters. The Morgan fingerprint density at radius 1 is 1.03 bits per heavy atom. The number of benzene rings is 3. The highest BCUT2D eigenvalue weighted by molar-refractivity contribution is 7.99. The molecule has 0 saturated heterocycles. The number of pyridine rings is 1. The number of hydrogen-bond acceptors (Lipinski definition) is 5. The summed E-state index contributed by atoms with van der Waals surface area (Å²) in [6.07, 6.45) is -3.44. The fourth-order valence-corrected chi connectivity index (χ4v) is 5.91. The van der Waals surface area contributed by atoms with E-state index in [-0.39, 0.29) is 40.2 Å². The van der Waals surface area contributed by atoms with E-state index in [1.54, 1.807) is 12.1 Å². The van der Waals surface area contributed by atoms with Crippen molar-refractivity contribution in [2.75, 3.05) is 6.61 Å². The number of aldehydes is 1. The SMILES string of the molecule is O=Cc1ncccc1Sc1c(Cl)cc(C(F)(F)F)cc1CNC(=O)OCC1c2ccccc2-c2ccccc21. The molecule has 198 valence electrons. The molecule has 1 aliphatic rings. The zero-order chi connectivity index (χ0) is 27.6. The summed E-state index contributed by atoms with van der Waals surface area (Å²) in [6.45, 7) is -0.220. The van der Waals surface area contributed by atoms with Gasteiger partial charge in [-0.25, -0.2) is 4.79 Å². The number of ether oxygens (including phenoxy) is 1. The number of alkyl halides is 3. The van der Waals surface area contributed by atoms with Gasteiger partial charge in [0.2, 0.25) is 0 Å². The molecule has 3 aromatic carbocycles. The molecule has 0 fully saturated rings. The van der Waals surface area contributed by atoms with Crippen LogP contribution >= 0.6 is 23.4 Å². The van der Waals surface area contributed by atoms with Gasteiger partial charge in [-0.05, 0) is 52.1 Å². The van der Waals surface area contributed by atoms with Crippen molar-refractivity contribution in [3.63, 3.8) is 0 Å². The zero-order valence-corrected chi connectivity index (χ0v) is 21.7. The molecular formula is C29H20ClF3N2O3S. The van der Waals surface area contributed by atoms with E-state index >= 15 is 0 Å². The molecule has 0 spiro atoms. The van der Waals surface area contributed by atoms with Gasteiger partial charge in [-0.1, -0.05) is 71.9 Å². The van der Waals surface area contributed by atoms with Gasteiger partial charge >= 0.3 is 12.3 Å². The van der Waals surface area contributed by atoms with Crippen LogP contribution in [-0.2, 0) is 17.5 Å². The molecule has 5 rings (SSSR count). The molecule has 4 aromatic rings. The number of carbonyl (C=O) groups excluding carboxylic acids is 2. The summed E-state index contributed by atoms with van der Waals surface area (Å²) >= 11 is 7.27. The van der Waals surface area contributed by atoms with Crippen molar-refractivity contribution in [2.45, 2.75) is 28.4 Å². The number of alkyl carbamates (subject to hydrolysis) is 1. The number of carbonyl (C=O) groups is 2. The van der Waals surface area contributed by atoms with Crippen LogP contribution in [0.3, 0.4) is 0 Å². The van der Waals surface area contributed by atoms with Gasteiger partial charge in [0.05, 0.1) is 10.6 Å². The van der Waals surface area contributed by atoms with Gasteiger partial charge in [0.15, 0.2) is 6.29 Å². The van der Waals surface area contributed by atoms with E-state index in [0.717, 1.165) is 46.1 Å². The molecule has 10 heteroatoms. The van der Waals surface area contributed by atoms with Crippen molar-refractivity contribution in [3.05, 3.63) is 112 Å². The van der Waals surface area contributed by atoms with Gasteiger partial charge < -0.3 is 10.1 Å². The third kappa shape index (κ3) is 5.65. The molecule has 0 saturated carbocycles. The van der Waals surface area contributed by atoms with Gasteiger partial charge in [0.1, 0.15) is 12.3 Å². The Morgan fingerprint density at radius 2 is 1.69 bits per heavy atom. The van der Waals surface area contributed by atoms with E-state index in [1.165, 1.54) is 6.20 Å². The van der Waals surface area contributed by atoms with Crippen molar-refractivity contribution in [1.82, 2.24) is 10.3 Å². The van der Waals surface area contributed by atoms with Crippen LogP contribution in [0.1, 0.15) is 38.7 Å². The quantitative estimate of drug-likeness (QED) is 0.231. The fraction of sp³-hybridized carbons (Fsp3) is 0.138. The lowest BCUT2D eigenvalue weighted by molar-refractivity contribution is -0.137. The van der Waals surface area contributed by atoms with Crippen molar-refractivity contribution in [3.8, 4) is 11.1 Å². The number of rotatable bonds is 7. The maximum atomic E-state index is 13.5. The maximum Gasteiger partial charge on any atom is 0.416 e. The van der Waals surface area contributed by atoms with Crippen LogP contribution in [0.15, 0.2) is 88.8 Å². The summed E-state index contributed by atoms with van der Waals surface area (Å²) in [5.74, 6) is -0.162. The first-order valence-electron chi connectivity index (χ1n) is 11.8. The zero-order valence-electron chi connectivity index (χ0n) is 20.2. The molecule has 1 heterocycles. The lowest BCUT2D eigenvalue weighted by Gasteiger charge is -2.17. The standard InChI is InChI=1S/C29H20ClF3N2O3S/c30-24-13-18(29(31,32)33)12-17(27(24)39-26-10-5-11-34-25(26)15-36)14-35-28(37)38-16-23-21-8-3-1-6-19(21)20-7-2-4-9-22(20)23/h1-13,15,23H,14,16H2,(H,35,37). The predicted octanol–water partition coefficient (Wildman–Crippen LogP) is 7.76. The Morgan fingerprint density at radius 3 is 2.33 bits per heavy atom. The van der Waals surface area contributed by atoms with Crippen molar-refractivity contribution in [2.24, 2.45) is 0 Å². The van der Waals surface area contributed by atoms with Crippen LogP contribution in [0.2, 0.25) is 5.02 Å². The van der Waals surface area contributed by atoms with Gasteiger partial charge in [-0.2, -0.15) is 13.2 Å². The normalized spacial score (nSPS) is 12.5. The first-order chi connectivity index (χ1) is 18.8. The monoisotopic (exact) mass is 568 g/mol. The van der Waals surface area contributed by atoms with E-state index < -0.39 is 17.8 Å². The number of halogens is 4.